The number of quaternary nitrogens is 1. The molecule has 0 heterocycles. The second-order valence-corrected chi connectivity index (χ2v) is 3.73. The quantitative estimate of drug-likeness (QED) is 0.570. The van der Waals surface area contributed by atoms with E-state index in [0.29, 0.717) is 0 Å². The first-order chi connectivity index (χ1) is 5.17. The van der Waals surface area contributed by atoms with E-state index in [4.69, 9.17) is 0 Å². The molecule has 4 nitrogen and oxygen atoms in total. The predicted molar refractivity (Wildman–Crippen MR) is 39.7 cm³/mol. The summed E-state index contributed by atoms with van der Waals surface area (Å²) in [7, 11) is -3.36. The minimum absolute atomic E-state index is 0.231. The molecule has 0 saturated heterocycles. The lowest BCUT2D eigenvalue weighted by atomic mass is 10.4. The van der Waals surface area contributed by atoms with Crippen LogP contribution in [-0.4, -0.2) is 8.42 Å². The molecule has 1 rings (SSSR count). The van der Waals surface area contributed by atoms with E-state index in [1.54, 1.807) is 18.2 Å². The van der Waals surface area contributed by atoms with Crippen molar-refractivity contribution in [3.63, 3.8) is 0 Å². The lowest BCUT2D eigenvalue weighted by molar-refractivity contribution is -0.411. The fraction of sp³-hybridized carbons (Fsp3) is 0. The molecule has 0 bridgehead atoms. The number of sulfonamides is 1. The topological polar surface area (TPSA) is 73.8 Å². The van der Waals surface area contributed by atoms with Crippen molar-refractivity contribution in [2.24, 2.45) is 0 Å². The van der Waals surface area contributed by atoms with Gasteiger partial charge in [-0.25, -0.2) is 8.42 Å². The Hall–Kier alpha value is -0.910. The maximum Gasteiger partial charge on any atom is 0.282 e. The molecule has 0 aliphatic heterocycles. The summed E-state index contributed by atoms with van der Waals surface area (Å²) in [4.78, 5) is 2.21. The molecule has 0 unspecified atom stereocenters. The fourth-order valence-corrected chi connectivity index (χ4v) is 1.37. The van der Waals surface area contributed by atoms with E-state index in [-0.39, 0.29) is 4.90 Å². The Morgan fingerprint density at radius 2 is 1.73 bits per heavy atom. The zero-order valence-electron chi connectivity index (χ0n) is 5.82. The molecule has 5 heteroatoms. The maximum atomic E-state index is 11.0. The van der Waals surface area contributed by atoms with Gasteiger partial charge in [0.05, 0.1) is 4.90 Å². The second-order valence-electron chi connectivity index (χ2n) is 1.96. The van der Waals surface area contributed by atoms with Gasteiger partial charge >= 0.3 is 0 Å². The van der Waals surface area contributed by atoms with Crippen molar-refractivity contribution in [2.45, 2.75) is 4.90 Å². The monoisotopic (exact) mass is 173 g/mol. The molecule has 0 aliphatic rings. The van der Waals surface area contributed by atoms with E-state index in [0.717, 1.165) is 0 Å². The first-order valence-electron chi connectivity index (χ1n) is 3.01. The smallest absolute Gasteiger partial charge is 0.266 e. The van der Waals surface area contributed by atoms with Crippen LogP contribution < -0.4 is 10.7 Å². The van der Waals surface area contributed by atoms with Crippen molar-refractivity contribution in [3.05, 3.63) is 30.3 Å². The maximum absolute atomic E-state index is 11.0. The minimum Gasteiger partial charge on any atom is -0.266 e. The molecule has 0 atom stereocenters. The third kappa shape index (κ3) is 1.76. The Kier molecular flexibility index (Phi) is 2.23. The van der Waals surface area contributed by atoms with E-state index in [1.165, 1.54) is 12.1 Å². The zero-order valence-corrected chi connectivity index (χ0v) is 6.64. The largest absolute Gasteiger partial charge is 0.282 e. The Bertz CT molecular complexity index is 320. The Morgan fingerprint density at radius 1 is 1.18 bits per heavy atom. The molecule has 1 aromatic carbocycles. The molecule has 0 fully saturated rings. The van der Waals surface area contributed by atoms with Crippen LogP contribution in [0.25, 0.3) is 0 Å². The number of nitrogens with one attached hydrogen (secondary N) is 1. The van der Waals surface area contributed by atoms with E-state index in [1.807, 2.05) is 4.83 Å². The molecule has 0 radical (unpaired) electrons. The molecule has 0 saturated carbocycles. The third-order valence-corrected chi connectivity index (χ3v) is 2.52. The molecule has 0 aliphatic carbocycles. The molecule has 11 heavy (non-hydrogen) atoms. The summed E-state index contributed by atoms with van der Waals surface area (Å²) < 4.78 is 22.1. The summed E-state index contributed by atoms with van der Waals surface area (Å²) in [6.45, 7) is 0. The van der Waals surface area contributed by atoms with Gasteiger partial charge in [0, 0.05) is 0 Å². The summed E-state index contributed by atoms with van der Waals surface area (Å²) in [6.07, 6.45) is 0. The lowest BCUT2D eigenvalue weighted by Crippen LogP contribution is -2.66. The molecule has 60 valence electrons. The highest BCUT2D eigenvalue weighted by Gasteiger charge is 2.11. The van der Waals surface area contributed by atoms with Gasteiger partial charge in [0.1, 0.15) is 0 Å². The molecular weight excluding hydrogens is 164 g/mol. The first-order valence-corrected chi connectivity index (χ1v) is 4.49. The van der Waals surface area contributed by atoms with Crippen LogP contribution in [0.3, 0.4) is 0 Å². The molecule has 0 aromatic heterocycles. The van der Waals surface area contributed by atoms with Crippen LogP contribution in [0.5, 0.6) is 0 Å². The van der Waals surface area contributed by atoms with Gasteiger partial charge in [-0.15, -0.1) is 0 Å². The van der Waals surface area contributed by atoms with Gasteiger partial charge in [0.25, 0.3) is 10.0 Å². The highest BCUT2D eigenvalue weighted by atomic mass is 32.2. The predicted octanol–water partition coefficient (Wildman–Crippen LogP) is -0.878. The van der Waals surface area contributed by atoms with Crippen LogP contribution in [0.2, 0.25) is 0 Å². The van der Waals surface area contributed by atoms with Crippen molar-refractivity contribution < 1.29 is 14.3 Å². The fourth-order valence-electron chi connectivity index (χ4n) is 0.683. The van der Waals surface area contributed by atoms with Crippen LogP contribution in [-0.2, 0) is 10.0 Å². The van der Waals surface area contributed by atoms with Crippen molar-refractivity contribution in [1.82, 2.24) is 4.83 Å². The van der Waals surface area contributed by atoms with Gasteiger partial charge in [0.2, 0.25) is 0 Å². The van der Waals surface area contributed by atoms with Crippen LogP contribution in [0.15, 0.2) is 35.2 Å². The average molecular weight is 173 g/mol. The normalized spacial score (nSPS) is 11.4. The number of rotatable bonds is 2. The number of hydrogen-bond donors (Lipinski definition) is 2. The zero-order chi connectivity index (χ0) is 8.32. The summed E-state index contributed by atoms with van der Waals surface area (Å²) in [5, 5.41) is 0. The summed E-state index contributed by atoms with van der Waals surface area (Å²) >= 11 is 0. The average Bonchev–Trinajstić information content (AvgIpc) is 2.06. The Balaban J connectivity index is 3.14. The highest BCUT2D eigenvalue weighted by molar-refractivity contribution is 7.89. The molecule has 0 amide bonds. The van der Waals surface area contributed by atoms with Crippen LogP contribution in [0.1, 0.15) is 0 Å². The van der Waals surface area contributed by atoms with Gasteiger partial charge in [-0.3, -0.25) is 5.84 Å². The SMILES string of the molecule is [NH3+]NS(=O)(=O)c1ccccc1. The molecule has 1 aromatic rings. The number of benzene rings is 1. The van der Waals surface area contributed by atoms with Crippen LogP contribution in [0.4, 0.5) is 0 Å². The standard InChI is InChI=1S/C6H8N2O2S/c7-8-11(9,10)6-4-2-1-3-5-6/h1-5,8H,7H2/p+1. The van der Waals surface area contributed by atoms with Gasteiger partial charge in [-0.1, -0.05) is 23.0 Å². The van der Waals surface area contributed by atoms with E-state index >= 15 is 0 Å². The van der Waals surface area contributed by atoms with E-state index < -0.39 is 10.0 Å². The highest BCUT2D eigenvalue weighted by Crippen LogP contribution is 2.04. The van der Waals surface area contributed by atoms with Gasteiger partial charge < -0.3 is 0 Å². The van der Waals surface area contributed by atoms with Gasteiger partial charge in [-0.2, -0.15) is 0 Å². The Labute approximate surface area is 65.1 Å². The van der Waals surface area contributed by atoms with Crippen LogP contribution in [0, 0.1) is 0 Å². The lowest BCUT2D eigenvalue weighted by Gasteiger charge is -1.97. The minimum atomic E-state index is -3.36. The number of hydrogen-bond acceptors (Lipinski definition) is 2. The van der Waals surface area contributed by atoms with Crippen molar-refractivity contribution in [3.8, 4) is 0 Å². The summed E-state index contributed by atoms with van der Waals surface area (Å²) in [5.74, 6) is 3.10. The molecule has 0 spiro atoms. The van der Waals surface area contributed by atoms with E-state index in [9.17, 15) is 8.42 Å². The van der Waals surface area contributed by atoms with Gasteiger partial charge in [-0.05, 0) is 12.1 Å². The van der Waals surface area contributed by atoms with Crippen LogP contribution >= 0.6 is 0 Å². The Morgan fingerprint density at radius 3 is 2.18 bits per heavy atom. The van der Waals surface area contributed by atoms with E-state index in [2.05, 4.69) is 5.84 Å². The first kappa shape index (κ1) is 8.19. The summed E-state index contributed by atoms with van der Waals surface area (Å²) in [6, 6.07) is 8.08. The summed E-state index contributed by atoms with van der Waals surface area (Å²) in [5.41, 5.74) is 0. The van der Waals surface area contributed by atoms with Crippen molar-refractivity contribution in [1.29, 1.82) is 0 Å². The second kappa shape index (κ2) is 3.00. The van der Waals surface area contributed by atoms with Crippen molar-refractivity contribution in [2.75, 3.05) is 0 Å². The molecular formula is C6H9N2O2S+. The van der Waals surface area contributed by atoms with Crippen molar-refractivity contribution >= 4 is 10.0 Å². The molecule has 4 N–H and O–H groups in total. The third-order valence-electron chi connectivity index (χ3n) is 1.24. The van der Waals surface area contributed by atoms with Gasteiger partial charge in [0.15, 0.2) is 0 Å².